The summed E-state index contributed by atoms with van der Waals surface area (Å²) in [6.07, 6.45) is 30.4. The lowest BCUT2D eigenvalue weighted by Crippen LogP contribution is -2.52. The summed E-state index contributed by atoms with van der Waals surface area (Å²) >= 11 is 0. The van der Waals surface area contributed by atoms with Crippen LogP contribution in [0.1, 0.15) is 207 Å². The highest BCUT2D eigenvalue weighted by molar-refractivity contribution is 5.85. The molecule has 1 amide bonds. The van der Waals surface area contributed by atoms with E-state index in [0.29, 0.717) is 6.42 Å². The van der Waals surface area contributed by atoms with E-state index < -0.39 is 24.3 Å². The number of ether oxygens (including phenoxy) is 1. The minimum Gasteiger partial charge on any atom is -0.464 e. The van der Waals surface area contributed by atoms with E-state index in [2.05, 4.69) is 19.2 Å². The lowest BCUT2D eigenvalue weighted by atomic mass is 9.99. The van der Waals surface area contributed by atoms with Crippen LogP contribution in [0.4, 0.5) is 4.39 Å². The third kappa shape index (κ3) is 27.2. The fraction of sp³-hybridized carbons (Fsp3) is 0.947. The van der Waals surface area contributed by atoms with Gasteiger partial charge in [-0.2, -0.15) is 0 Å². The number of aliphatic hydroxyl groups excluding tert-OH is 1. The highest BCUT2D eigenvalue weighted by Crippen LogP contribution is 2.18. The quantitative estimate of drug-likeness (QED) is 0.0550. The first-order valence-electron chi connectivity index (χ1n) is 19.3. The van der Waals surface area contributed by atoms with Crippen LogP contribution in [-0.4, -0.2) is 41.9 Å². The molecule has 0 saturated carbocycles. The molecule has 3 atom stereocenters. The number of hydrogen-bond acceptors (Lipinski definition) is 4. The zero-order valence-corrected chi connectivity index (χ0v) is 29.5. The number of halogens is 1. The molecular weight excluding hydrogens is 553 g/mol. The molecule has 0 aliphatic heterocycles. The molecule has 6 heteroatoms. The summed E-state index contributed by atoms with van der Waals surface area (Å²) in [7, 11) is 0. The number of carbonyl (C=O) groups is 2. The first-order valence-corrected chi connectivity index (χ1v) is 19.3. The summed E-state index contributed by atoms with van der Waals surface area (Å²) in [6.45, 7) is 6.28. The number of carbonyl (C=O) groups excluding carboxylic acids is 2. The zero-order valence-electron chi connectivity index (χ0n) is 29.5. The Labute approximate surface area is 272 Å². The second-order valence-electron chi connectivity index (χ2n) is 13.2. The van der Waals surface area contributed by atoms with Gasteiger partial charge in [-0.3, -0.25) is 4.79 Å². The van der Waals surface area contributed by atoms with E-state index >= 15 is 0 Å². The number of esters is 1. The normalized spacial score (nSPS) is 13.5. The van der Waals surface area contributed by atoms with Crippen LogP contribution in [-0.2, 0) is 14.3 Å². The summed E-state index contributed by atoms with van der Waals surface area (Å²) in [5.41, 5.74) is 0. The molecule has 5 nitrogen and oxygen atoms in total. The third-order valence-corrected chi connectivity index (χ3v) is 8.91. The summed E-state index contributed by atoms with van der Waals surface area (Å²) in [6, 6.07) is -1.36. The second-order valence-corrected chi connectivity index (χ2v) is 13.2. The van der Waals surface area contributed by atoms with E-state index in [1.54, 1.807) is 6.92 Å². The Kier molecular flexibility index (Phi) is 32.3. The van der Waals surface area contributed by atoms with Crippen molar-refractivity contribution in [1.29, 1.82) is 0 Å². The molecule has 0 aliphatic rings. The average Bonchev–Trinajstić information content (AvgIpc) is 3.01. The van der Waals surface area contributed by atoms with Crippen LogP contribution < -0.4 is 5.32 Å². The van der Waals surface area contributed by atoms with Gasteiger partial charge >= 0.3 is 5.97 Å². The predicted molar refractivity (Wildman–Crippen MR) is 185 cm³/mol. The number of hydrogen-bond donors (Lipinski definition) is 2. The van der Waals surface area contributed by atoms with E-state index in [4.69, 9.17) is 4.74 Å². The topological polar surface area (TPSA) is 75.6 Å². The molecule has 0 spiro atoms. The Hall–Kier alpha value is -1.17. The monoisotopic (exact) mass is 628 g/mol. The maximum absolute atomic E-state index is 14.9. The van der Waals surface area contributed by atoms with Crippen molar-refractivity contribution >= 4 is 11.9 Å². The molecule has 262 valence electrons. The molecule has 0 unspecified atom stereocenters. The van der Waals surface area contributed by atoms with Crippen molar-refractivity contribution in [3.8, 4) is 0 Å². The molecule has 0 aromatic rings. The summed E-state index contributed by atoms with van der Waals surface area (Å²) < 4.78 is 19.9. The Morgan fingerprint density at radius 3 is 1.27 bits per heavy atom. The Morgan fingerprint density at radius 2 is 0.909 bits per heavy atom. The van der Waals surface area contributed by atoms with Crippen LogP contribution in [0.25, 0.3) is 0 Å². The molecular formula is C38H74FNO4. The molecule has 0 aromatic carbocycles. The maximum Gasteiger partial charge on any atom is 0.331 e. The highest BCUT2D eigenvalue weighted by Gasteiger charge is 2.35. The lowest BCUT2D eigenvalue weighted by Gasteiger charge is -2.25. The van der Waals surface area contributed by atoms with E-state index in [0.717, 1.165) is 38.5 Å². The molecule has 0 aromatic heterocycles. The van der Waals surface area contributed by atoms with Crippen LogP contribution in [0.3, 0.4) is 0 Å². The number of amides is 1. The van der Waals surface area contributed by atoms with Gasteiger partial charge in [-0.05, 0) is 19.8 Å². The van der Waals surface area contributed by atoms with Crippen LogP contribution >= 0.6 is 0 Å². The summed E-state index contributed by atoms with van der Waals surface area (Å²) in [4.78, 5) is 25.0. The van der Waals surface area contributed by atoms with Gasteiger partial charge in [0.15, 0.2) is 6.04 Å². The first-order chi connectivity index (χ1) is 21.5. The third-order valence-electron chi connectivity index (χ3n) is 8.91. The number of unbranched alkanes of at least 4 members (excludes halogenated alkanes) is 25. The molecule has 2 N–H and O–H groups in total. The van der Waals surface area contributed by atoms with Crippen LogP contribution in [0.5, 0.6) is 0 Å². The molecule has 0 rings (SSSR count). The van der Waals surface area contributed by atoms with Gasteiger partial charge < -0.3 is 15.2 Å². The van der Waals surface area contributed by atoms with Crippen molar-refractivity contribution < 1.29 is 23.8 Å². The van der Waals surface area contributed by atoms with Crippen molar-refractivity contribution in [3.63, 3.8) is 0 Å². The van der Waals surface area contributed by atoms with Crippen molar-refractivity contribution in [2.45, 2.75) is 225 Å². The lowest BCUT2D eigenvalue weighted by molar-refractivity contribution is -0.152. The van der Waals surface area contributed by atoms with E-state index in [9.17, 15) is 19.1 Å². The van der Waals surface area contributed by atoms with Crippen molar-refractivity contribution in [2.75, 3.05) is 6.61 Å². The number of aliphatic hydroxyl groups is 1. The van der Waals surface area contributed by atoms with Gasteiger partial charge in [0.25, 0.3) is 0 Å². The fourth-order valence-electron chi connectivity index (χ4n) is 5.98. The van der Waals surface area contributed by atoms with Crippen molar-refractivity contribution in [1.82, 2.24) is 5.32 Å². The fourth-order valence-corrected chi connectivity index (χ4v) is 5.98. The van der Waals surface area contributed by atoms with Crippen LogP contribution in [0, 0.1) is 0 Å². The molecule has 0 bridgehead atoms. The predicted octanol–water partition coefficient (Wildman–Crippen LogP) is 11.1. The van der Waals surface area contributed by atoms with Gasteiger partial charge in [0.1, 0.15) is 12.3 Å². The molecule has 0 radical (unpaired) electrons. The largest absolute Gasteiger partial charge is 0.464 e. The number of rotatable bonds is 34. The number of nitrogens with one attached hydrogen (secondary N) is 1. The van der Waals surface area contributed by atoms with Gasteiger partial charge in [-0.15, -0.1) is 0 Å². The summed E-state index contributed by atoms with van der Waals surface area (Å²) in [5, 5.41) is 13.2. The Bertz CT molecular complexity index is 632. The van der Waals surface area contributed by atoms with Crippen molar-refractivity contribution in [2.24, 2.45) is 0 Å². The maximum atomic E-state index is 14.9. The average molecular weight is 628 g/mol. The SMILES string of the molecule is CCCCCCCCCCCCCCCCCC(=O)N[C@H](C(=O)OCC)[C@@H](O)[C@H](F)CCCCCCCCCCCCCC. The minimum absolute atomic E-state index is 0.118. The second kappa shape index (κ2) is 33.2. The molecule has 0 saturated heterocycles. The smallest absolute Gasteiger partial charge is 0.331 e. The van der Waals surface area contributed by atoms with Crippen molar-refractivity contribution in [3.05, 3.63) is 0 Å². The van der Waals surface area contributed by atoms with E-state index in [-0.39, 0.29) is 25.4 Å². The molecule has 0 heterocycles. The Balaban J connectivity index is 4.01. The van der Waals surface area contributed by atoms with E-state index in [1.807, 2.05) is 0 Å². The molecule has 44 heavy (non-hydrogen) atoms. The standard InChI is InChI=1S/C38H74FNO4/c1-4-7-9-11-13-15-17-19-20-21-23-25-27-29-31-33-35(41)40-36(38(43)44-6-3)37(42)34(39)32-30-28-26-24-22-18-16-14-12-10-8-5-2/h34,36-37,42H,4-33H2,1-3H3,(H,40,41)/t34-,36+,37+/m1/s1. The minimum atomic E-state index is -1.59. The van der Waals surface area contributed by atoms with Gasteiger partial charge in [0, 0.05) is 6.42 Å². The van der Waals surface area contributed by atoms with Gasteiger partial charge in [0.05, 0.1) is 6.61 Å². The first kappa shape index (κ1) is 42.8. The molecule has 0 fully saturated rings. The van der Waals surface area contributed by atoms with E-state index in [1.165, 1.54) is 128 Å². The van der Waals surface area contributed by atoms with Crippen LogP contribution in [0.15, 0.2) is 0 Å². The highest BCUT2D eigenvalue weighted by atomic mass is 19.1. The van der Waals surface area contributed by atoms with Gasteiger partial charge in [0.2, 0.25) is 5.91 Å². The Morgan fingerprint density at radius 1 is 0.568 bits per heavy atom. The van der Waals surface area contributed by atoms with Gasteiger partial charge in [-0.25, -0.2) is 9.18 Å². The zero-order chi connectivity index (χ0) is 32.5. The molecule has 0 aliphatic carbocycles. The van der Waals surface area contributed by atoms with Gasteiger partial charge in [-0.1, -0.05) is 181 Å². The number of alkyl halides is 1. The summed E-state index contributed by atoms with van der Waals surface area (Å²) in [5.74, 6) is -1.09. The van der Waals surface area contributed by atoms with Crippen LogP contribution in [0.2, 0.25) is 0 Å².